The lowest BCUT2D eigenvalue weighted by Gasteiger charge is -2.29. The number of nitrogens with one attached hydrogen (secondary N) is 2. The third kappa shape index (κ3) is 7.54. The Morgan fingerprint density at radius 3 is 2.21 bits per heavy atom. The second-order valence-electron chi connectivity index (χ2n) is 11.1. The fourth-order valence-electron chi connectivity index (χ4n) is 5.54. The van der Waals surface area contributed by atoms with Gasteiger partial charge >= 0.3 is 12.0 Å². The second kappa shape index (κ2) is 15.1. The van der Waals surface area contributed by atoms with E-state index in [4.69, 9.17) is 37.3 Å². The van der Waals surface area contributed by atoms with E-state index in [1.807, 2.05) is 0 Å². The molecule has 0 bridgehead atoms. The van der Waals surface area contributed by atoms with E-state index < -0.39 is 55.4 Å². The number of benzene rings is 1. The Balaban J connectivity index is 0.000000204. The van der Waals surface area contributed by atoms with Crippen molar-refractivity contribution in [2.75, 3.05) is 42.5 Å². The largest absolute Gasteiger partial charge is 0.481 e. The van der Waals surface area contributed by atoms with E-state index >= 15 is 0 Å². The van der Waals surface area contributed by atoms with Crippen LogP contribution in [-0.4, -0.2) is 90.4 Å². The number of aryl methyl sites for hydroxylation is 1. The van der Waals surface area contributed by atoms with Crippen LogP contribution in [0.5, 0.6) is 17.5 Å². The molecule has 2 aliphatic heterocycles. The van der Waals surface area contributed by atoms with Gasteiger partial charge in [0.15, 0.2) is 22.6 Å². The van der Waals surface area contributed by atoms with Crippen LogP contribution in [0, 0.1) is 18.2 Å². The Bertz CT molecular complexity index is 2200. The van der Waals surface area contributed by atoms with Crippen LogP contribution in [0.4, 0.5) is 26.5 Å². The van der Waals surface area contributed by atoms with Crippen LogP contribution in [0.15, 0.2) is 34.4 Å². The first-order valence-electron chi connectivity index (χ1n) is 15.2. The summed E-state index contributed by atoms with van der Waals surface area (Å²) in [7, 11) is -0.858. The van der Waals surface area contributed by atoms with Crippen molar-refractivity contribution in [2.45, 2.75) is 30.7 Å². The van der Waals surface area contributed by atoms with E-state index in [-0.39, 0.29) is 53.9 Å². The number of carbonyl (C=O) groups is 5. The fourth-order valence-corrected chi connectivity index (χ4v) is 7.11. The molecule has 2 aromatic heterocycles. The zero-order valence-corrected chi connectivity index (χ0v) is 29.5. The van der Waals surface area contributed by atoms with Crippen LogP contribution < -0.4 is 34.0 Å². The molecular formula is C31H28ClFN8O11S. The fraction of sp³-hybridized carbons (Fsp3) is 0.290. The van der Waals surface area contributed by atoms with Crippen molar-refractivity contribution in [2.24, 2.45) is 7.05 Å². The first kappa shape index (κ1) is 38.0. The number of hydrogen-bond donors (Lipinski definition) is 3. The summed E-state index contributed by atoms with van der Waals surface area (Å²) in [6.07, 6.45) is 8.01. The van der Waals surface area contributed by atoms with Gasteiger partial charge in [0, 0.05) is 24.3 Å². The molecule has 0 saturated carbocycles. The number of fused-ring (bicyclic) bond motifs is 1. The molecule has 5 amide bonds. The van der Waals surface area contributed by atoms with Crippen molar-refractivity contribution in [3.05, 3.63) is 45.9 Å². The van der Waals surface area contributed by atoms with Gasteiger partial charge in [0.25, 0.3) is 27.7 Å². The number of methoxy groups -OCH3 is 2. The molecule has 53 heavy (non-hydrogen) atoms. The van der Waals surface area contributed by atoms with Gasteiger partial charge in [0.05, 0.1) is 38.2 Å². The molecule has 3 aromatic rings. The Hall–Kier alpha value is -6.27. The summed E-state index contributed by atoms with van der Waals surface area (Å²) >= 11 is 5.63. The highest BCUT2D eigenvalue weighted by atomic mass is 35.5. The van der Waals surface area contributed by atoms with E-state index in [0.717, 1.165) is 30.9 Å². The molecule has 0 unspecified atom stereocenters. The highest BCUT2D eigenvalue weighted by Gasteiger charge is 2.42. The molecule has 3 aliphatic rings. The number of carbonyl (C=O) groups excluding carboxylic acids is 4. The summed E-state index contributed by atoms with van der Waals surface area (Å²) in [4.78, 5) is 70.4. The minimum Gasteiger partial charge on any atom is -0.481 e. The molecule has 1 aliphatic carbocycles. The molecule has 6 rings (SSSR count). The number of aromatic carboxylic acids is 1. The van der Waals surface area contributed by atoms with Crippen molar-refractivity contribution in [3.8, 4) is 29.9 Å². The Labute approximate surface area is 304 Å². The molecule has 0 fully saturated rings. The zero-order valence-electron chi connectivity index (χ0n) is 27.9. The number of carboxylic acid groups (broad SMARTS) is 1. The van der Waals surface area contributed by atoms with Crippen LogP contribution in [0.25, 0.3) is 0 Å². The maximum atomic E-state index is 14.7. The number of terminal acetylenes is 1. The van der Waals surface area contributed by atoms with Gasteiger partial charge in [-0.05, 0) is 31.7 Å². The minimum absolute atomic E-state index is 0.0170. The predicted octanol–water partition coefficient (Wildman–Crippen LogP) is 2.02. The highest BCUT2D eigenvalue weighted by molar-refractivity contribution is 7.90. The summed E-state index contributed by atoms with van der Waals surface area (Å²) in [5.41, 5.74) is 0.214. The molecule has 22 heteroatoms. The van der Waals surface area contributed by atoms with Gasteiger partial charge in [0.2, 0.25) is 17.7 Å². The number of nitrogens with zero attached hydrogens (tertiary/aromatic N) is 6. The number of rotatable bonds is 8. The van der Waals surface area contributed by atoms with Crippen molar-refractivity contribution in [1.29, 1.82) is 0 Å². The lowest BCUT2D eigenvalue weighted by Crippen LogP contribution is -2.39. The summed E-state index contributed by atoms with van der Waals surface area (Å²) in [6.45, 7) is -0.262. The molecule has 0 radical (unpaired) electrons. The number of halogens is 2. The van der Waals surface area contributed by atoms with Crippen molar-refractivity contribution >= 4 is 68.7 Å². The van der Waals surface area contributed by atoms with Gasteiger partial charge in [-0.2, -0.15) is 23.5 Å². The van der Waals surface area contributed by atoms with Crippen molar-refractivity contribution in [3.63, 3.8) is 0 Å². The minimum atomic E-state index is -4.64. The molecule has 0 spiro atoms. The quantitative estimate of drug-likeness (QED) is 0.219. The number of urea groups is 1. The van der Waals surface area contributed by atoms with Gasteiger partial charge in [-0.1, -0.05) is 17.5 Å². The number of aromatic nitrogens is 4. The van der Waals surface area contributed by atoms with Gasteiger partial charge in [-0.3, -0.25) is 29.3 Å². The van der Waals surface area contributed by atoms with Crippen LogP contribution in [-0.2, 0) is 31.5 Å². The van der Waals surface area contributed by atoms with E-state index in [2.05, 4.69) is 26.3 Å². The Morgan fingerprint density at radius 2 is 1.66 bits per heavy atom. The van der Waals surface area contributed by atoms with Gasteiger partial charge in [-0.15, -0.1) is 6.42 Å². The van der Waals surface area contributed by atoms with Crippen LogP contribution in [0.1, 0.15) is 36.0 Å². The van der Waals surface area contributed by atoms with E-state index in [0.29, 0.717) is 28.7 Å². The number of amides is 5. The lowest BCUT2D eigenvalue weighted by atomic mass is 9.93. The normalized spacial score (nSPS) is 15.1. The Morgan fingerprint density at radius 1 is 1.06 bits per heavy atom. The van der Waals surface area contributed by atoms with Crippen LogP contribution >= 0.6 is 11.6 Å². The third-order valence-electron chi connectivity index (χ3n) is 7.82. The summed E-state index contributed by atoms with van der Waals surface area (Å²) in [5.74, 6) is -1.45. The smallest absolute Gasteiger partial charge is 0.341 e. The van der Waals surface area contributed by atoms with E-state index in [9.17, 15) is 36.8 Å². The zero-order chi connectivity index (χ0) is 38.8. The first-order chi connectivity index (χ1) is 25.1. The monoisotopic (exact) mass is 774 g/mol. The van der Waals surface area contributed by atoms with E-state index in [1.54, 1.807) is 4.72 Å². The molecule has 4 heterocycles. The average Bonchev–Trinajstić information content (AvgIpc) is 3.56. The molecule has 19 nitrogen and oxygen atoms in total. The number of imide groups is 1. The topological polar surface area (TPSA) is 242 Å². The third-order valence-corrected chi connectivity index (χ3v) is 9.52. The van der Waals surface area contributed by atoms with Crippen LogP contribution in [0.2, 0.25) is 5.15 Å². The van der Waals surface area contributed by atoms with Crippen molar-refractivity contribution in [1.82, 2.24) is 24.5 Å². The predicted molar refractivity (Wildman–Crippen MR) is 181 cm³/mol. The molecule has 0 atom stereocenters. The van der Waals surface area contributed by atoms with Gasteiger partial charge < -0.3 is 19.3 Å². The molecule has 1 aromatic carbocycles. The number of sulfonamides is 1. The number of ether oxygens (including phenoxy) is 3. The lowest BCUT2D eigenvalue weighted by molar-refractivity contribution is -0.121. The molecule has 3 N–H and O–H groups in total. The molecular weight excluding hydrogens is 747 g/mol. The standard InChI is InChI=1S/C19H15FN2O4.C12H13ClN6O7S/c1-2-7-21-15-9-14(13(20)8-16(15)26-10-17(21)23)22-18(24)11-5-3-4-6-12(11)19(22)25;1-19-9(7(10(20)21)8(13)17-19)27(23,24)18-12(22)16-11-14-5(25-2)4-6(15-11)26-3/h1,8-9H,3-7,10H2;4H,1-3H3,(H,20,21)(H2,14,15,16,18,22). The number of hydrogen-bond acceptors (Lipinski definition) is 13. The Kier molecular flexibility index (Phi) is 10.8. The summed E-state index contributed by atoms with van der Waals surface area (Å²) < 4.78 is 56.9. The number of anilines is 3. The first-order valence-corrected chi connectivity index (χ1v) is 17.1. The molecule has 0 saturated heterocycles. The van der Waals surface area contributed by atoms with Crippen molar-refractivity contribution < 1.29 is 56.1 Å². The number of carboxylic acids is 1. The summed E-state index contributed by atoms with van der Waals surface area (Å²) in [6, 6.07) is 2.43. The second-order valence-corrected chi connectivity index (χ2v) is 13.0. The van der Waals surface area contributed by atoms with Crippen LogP contribution in [0.3, 0.4) is 0 Å². The maximum Gasteiger partial charge on any atom is 0.341 e. The van der Waals surface area contributed by atoms with E-state index in [1.165, 1.54) is 31.3 Å². The van der Waals surface area contributed by atoms with Gasteiger partial charge in [-0.25, -0.2) is 23.6 Å². The highest BCUT2D eigenvalue weighted by Crippen LogP contribution is 2.41. The van der Waals surface area contributed by atoms with Gasteiger partial charge in [0.1, 0.15) is 11.3 Å². The molecule has 278 valence electrons. The SMILES string of the molecule is C#CCN1C(=O)COc2cc(F)c(N3C(=O)C4=C(CCCC4)C3=O)cc21.COc1cc(OC)nc(NC(=O)NS(=O)(=O)c2c(C(=O)O)c(Cl)nn2C)n1. The maximum absolute atomic E-state index is 14.7. The summed E-state index contributed by atoms with van der Waals surface area (Å²) in [5, 5.41) is 13.4. The average molecular weight is 775 g/mol.